The third-order valence-electron chi connectivity index (χ3n) is 3.30. The van der Waals surface area contributed by atoms with Crippen molar-refractivity contribution in [3.05, 3.63) is 46.4 Å². The van der Waals surface area contributed by atoms with Gasteiger partial charge in [-0.05, 0) is 50.2 Å². The molecule has 0 aromatic heterocycles. The van der Waals surface area contributed by atoms with E-state index in [0.29, 0.717) is 6.54 Å². The minimum absolute atomic E-state index is 0.0675. The highest BCUT2D eigenvalue weighted by molar-refractivity contribution is 9.10. The Labute approximate surface area is 145 Å². The van der Waals surface area contributed by atoms with Crippen LogP contribution >= 0.6 is 15.9 Å². The second kappa shape index (κ2) is 8.11. The third kappa shape index (κ3) is 4.55. The largest absolute Gasteiger partial charge is 0.497 e. The van der Waals surface area contributed by atoms with Crippen molar-refractivity contribution in [1.82, 2.24) is 0 Å². The van der Waals surface area contributed by atoms with Gasteiger partial charge in [0.15, 0.2) is 11.5 Å². The zero-order valence-electron chi connectivity index (χ0n) is 13.9. The van der Waals surface area contributed by atoms with Crippen molar-refractivity contribution in [3.63, 3.8) is 0 Å². The number of benzene rings is 2. The number of hydrogen-bond acceptors (Lipinski definition) is 4. The van der Waals surface area contributed by atoms with E-state index in [2.05, 4.69) is 21.2 Å². The first kappa shape index (κ1) is 17.5. The molecule has 0 atom stereocenters. The smallest absolute Gasteiger partial charge is 0.167 e. The van der Waals surface area contributed by atoms with Crippen LogP contribution < -0.4 is 19.5 Å². The Morgan fingerprint density at radius 3 is 2.26 bits per heavy atom. The van der Waals surface area contributed by atoms with Crippen LogP contribution in [0.1, 0.15) is 19.4 Å². The van der Waals surface area contributed by atoms with Crippen molar-refractivity contribution in [3.8, 4) is 17.2 Å². The minimum Gasteiger partial charge on any atom is -0.497 e. The van der Waals surface area contributed by atoms with Gasteiger partial charge < -0.3 is 19.5 Å². The second-order valence-corrected chi connectivity index (χ2v) is 6.16. The maximum Gasteiger partial charge on any atom is 0.167 e. The van der Waals surface area contributed by atoms with E-state index in [1.807, 2.05) is 50.2 Å². The van der Waals surface area contributed by atoms with Gasteiger partial charge in [0, 0.05) is 22.3 Å². The zero-order chi connectivity index (χ0) is 16.8. The molecule has 23 heavy (non-hydrogen) atoms. The Bertz CT molecular complexity index is 641. The lowest BCUT2D eigenvalue weighted by molar-refractivity contribution is 0.227. The van der Waals surface area contributed by atoms with E-state index >= 15 is 0 Å². The number of methoxy groups -OCH3 is 2. The van der Waals surface area contributed by atoms with E-state index < -0.39 is 0 Å². The average molecular weight is 380 g/mol. The number of rotatable bonds is 7. The molecule has 0 aliphatic heterocycles. The zero-order valence-corrected chi connectivity index (χ0v) is 15.4. The molecule has 2 aromatic rings. The first-order valence-corrected chi connectivity index (χ1v) is 8.24. The van der Waals surface area contributed by atoms with Gasteiger partial charge in [0.05, 0.1) is 20.3 Å². The molecule has 0 amide bonds. The molecule has 1 N–H and O–H groups in total. The molecule has 2 rings (SSSR count). The first-order valence-electron chi connectivity index (χ1n) is 7.45. The molecule has 0 heterocycles. The molecule has 0 saturated heterocycles. The van der Waals surface area contributed by atoms with Crippen molar-refractivity contribution in [2.45, 2.75) is 26.5 Å². The summed E-state index contributed by atoms with van der Waals surface area (Å²) >= 11 is 3.60. The lowest BCUT2D eigenvalue weighted by Crippen LogP contribution is -2.11. The van der Waals surface area contributed by atoms with Crippen molar-refractivity contribution in [2.75, 3.05) is 19.5 Å². The summed E-state index contributed by atoms with van der Waals surface area (Å²) in [6, 6.07) is 11.7. The number of nitrogens with one attached hydrogen (secondary N) is 1. The van der Waals surface area contributed by atoms with E-state index in [1.165, 1.54) is 0 Å². The molecule has 2 aromatic carbocycles. The van der Waals surface area contributed by atoms with E-state index in [4.69, 9.17) is 14.2 Å². The Kier molecular flexibility index (Phi) is 6.16. The second-order valence-electron chi connectivity index (χ2n) is 5.31. The van der Waals surface area contributed by atoms with Crippen molar-refractivity contribution in [2.24, 2.45) is 0 Å². The maximum absolute atomic E-state index is 5.96. The number of halogens is 1. The summed E-state index contributed by atoms with van der Waals surface area (Å²) in [5, 5.41) is 3.40. The van der Waals surface area contributed by atoms with Gasteiger partial charge in [-0.15, -0.1) is 0 Å². The molecule has 0 aliphatic carbocycles. The predicted molar refractivity (Wildman–Crippen MR) is 96.8 cm³/mol. The average Bonchev–Trinajstić information content (AvgIpc) is 2.54. The SMILES string of the molecule is COc1ccc(NCc2c(Br)ccc(OC)c2OC(C)C)cc1. The van der Waals surface area contributed by atoms with Crippen LogP contribution in [-0.2, 0) is 6.54 Å². The van der Waals surface area contributed by atoms with Gasteiger partial charge in [-0.25, -0.2) is 0 Å². The summed E-state index contributed by atoms with van der Waals surface area (Å²) in [6.45, 7) is 4.62. The molecule has 0 unspecified atom stereocenters. The Morgan fingerprint density at radius 2 is 1.70 bits per heavy atom. The lowest BCUT2D eigenvalue weighted by Gasteiger charge is -2.19. The fraction of sp³-hybridized carbons (Fsp3) is 0.333. The van der Waals surface area contributed by atoms with E-state index in [-0.39, 0.29) is 6.10 Å². The van der Waals surface area contributed by atoms with Crippen LogP contribution in [0.25, 0.3) is 0 Å². The van der Waals surface area contributed by atoms with Crippen LogP contribution in [0.2, 0.25) is 0 Å². The molecule has 0 bridgehead atoms. The molecule has 0 saturated carbocycles. The van der Waals surface area contributed by atoms with Crippen molar-refractivity contribution < 1.29 is 14.2 Å². The van der Waals surface area contributed by atoms with Crippen LogP contribution in [0.5, 0.6) is 17.2 Å². The highest BCUT2D eigenvalue weighted by Crippen LogP contribution is 2.37. The molecular weight excluding hydrogens is 358 g/mol. The van der Waals surface area contributed by atoms with Crippen LogP contribution in [0, 0.1) is 0 Å². The first-order chi connectivity index (χ1) is 11.0. The van der Waals surface area contributed by atoms with E-state index in [1.54, 1.807) is 14.2 Å². The monoisotopic (exact) mass is 379 g/mol. The van der Waals surface area contributed by atoms with Gasteiger partial charge in [-0.2, -0.15) is 0 Å². The molecular formula is C18H22BrNO3. The number of hydrogen-bond donors (Lipinski definition) is 1. The molecule has 124 valence electrons. The molecule has 5 heteroatoms. The Morgan fingerprint density at radius 1 is 1.00 bits per heavy atom. The van der Waals surface area contributed by atoms with Crippen molar-refractivity contribution >= 4 is 21.6 Å². The summed E-state index contributed by atoms with van der Waals surface area (Å²) in [4.78, 5) is 0. The fourth-order valence-corrected chi connectivity index (χ4v) is 2.62. The quantitative estimate of drug-likeness (QED) is 0.744. The van der Waals surface area contributed by atoms with Gasteiger partial charge in [0.25, 0.3) is 0 Å². The summed E-state index contributed by atoms with van der Waals surface area (Å²) in [7, 11) is 3.31. The van der Waals surface area contributed by atoms with Crippen LogP contribution in [-0.4, -0.2) is 20.3 Å². The molecule has 4 nitrogen and oxygen atoms in total. The number of anilines is 1. The summed E-state index contributed by atoms with van der Waals surface area (Å²) in [6.07, 6.45) is 0.0675. The topological polar surface area (TPSA) is 39.7 Å². The van der Waals surface area contributed by atoms with Crippen molar-refractivity contribution in [1.29, 1.82) is 0 Å². The third-order valence-corrected chi connectivity index (χ3v) is 4.04. The van der Waals surface area contributed by atoms with Crippen LogP contribution in [0.4, 0.5) is 5.69 Å². The van der Waals surface area contributed by atoms with Gasteiger partial charge in [0.2, 0.25) is 0 Å². The number of ether oxygens (including phenoxy) is 3. The van der Waals surface area contributed by atoms with Gasteiger partial charge in [0.1, 0.15) is 5.75 Å². The van der Waals surface area contributed by atoms with E-state index in [0.717, 1.165) is 33.0 Å². The minimum atomic E-state index is 0.0675. The Hall–Kier alpha value is -1.88. The van der Waals surface area contributed by atoms with Gasteiger partial charge in [-0.1, -0.05) is 15.9 Å². The molecule has 0 fully saturated rings. The molecule has 0 spiro atoms. The normalized spacial score (nSPS) is 10.5. The maximum atomic E-state index is 5.96. The fourth-order valence-electron chi connectivity index (χ4n) is 2.17. The summed E-state index contributed by atoms with van der Waals surface area (Å²) in [5.74, 6) is 2.33. The molecule has 0 aliphatic rings. The summed E-state index contributed by atoms with van der Waals surface area (Å²) in [5.41, 5.74) is 2.03. The predicted octanol–water partition coefficient (Wildman–Crippen LogP) is 4.87. The summed E-state index contributed by atoms with van der Waals surface area (Å²) < 4.78 is 17.5. The van der Waals surface area contributed by atoms with Gasteiger partial charge in [-0.3, -0.25) is 0 Å². The van der Waals surface area contributed by atoms with E-state index in [9.17, 15) is 0 Å². The highest BCUT2D eigenvalue weighted by atomic mass is 79.9. The Balaban J connectivity index is 2.23. The standard InChI is InChI=1S/C18H22BrNO3/c1-12(2)23-18-15(16(19)9-10-17(18)22-4)11-20-13-5-7-14(21-3)8-6-13/h5-10,12,20H,11H2,1-4H3. The van der Waals surface area contributed by atoms with Crippen LogP contribution in [0.15, 0.2) is 40.9 Å². The lowest BCUT2D eigenvalue weighted by atomic mass is 10.1. The van der Waals surface area contributed by atoms with Gasteiger partial charge >= 0.3 is 0 Å². The molecule has 0 radical (unpaired) electrons. The highest BCUT2D eigenvalue weighted by Gasteiger charge is 2.15. The van der Waals surface area contributed by atoms with Crippen LogP contribution in [0.3, 0.4) is 0 Å².